The Bertz CT molecular complexity index is 550. The summed E-state index contributed by atoms with van der Waals surface area (Å²) < 4.78 is 5.22. The minimum atomic E-state index is -1.58. The first kappa shape index (κ1) is 11.9. The van der Waals surface area contributed by atoms with Crippen LogP contribution in [0, 0.1) is 0 Å². The van der Waals surface area contributed by atoms with Gasteiger partial charge in [-0.25, -0.2) is 0 Å². The minimum Gasteiger partial charge on any atom is -0.453 e. The lowest BCUT2D eigenvalue weighted by Crippen LogP contribution is -2.29. The van der Waals surface area contributed by atoms with Crippen molar-refractivity contribution in [1.82, 2.24) is 0 Å². The van der Waals surface area contributed by atoms with Crippen LogP contribution in [0.5, 0.6) is 0 Å². The van der Waals surface area contributed by atoms with Gasteiger partial charge in [0.25, 0.3) is 0 Å². The van der Waals surface area contributed by atoms with Crippen molar-refractivity contribution < 1.29 is 19.3 Å². The second kappa shape index (κ2) is 4.75. The largest absolute Gasteiger partial charge is 0.488 e. The third-order valence-electron chi connectivity index (χ3n) is 2.30. The third-order valence-corrected chi connectivity index (χ3v) is 2.63. The van der Waals surface area contributed by atoms with Gasteiger partial charge in [0.2, 0.25) is 0 Å². The molecule has 0 bridgehead atoms. The van der Waals surface area contributed by atoms with Gasteiger partial charge in [-0.05, 0) is 29.7 Å². The van der Waals surface area contributed by atoms with E-state index in [9.17, 15) is 4.79 Å². The molecule has 0 fully saturated rings. The van der Waals surface area contributed by atoms with E-state index in [4.69, 9.17) is 26.1 Å². The van der Waals surface area contributed by atoms with Crippen LogP contribution in [0.25, 0.3) is 11.3 Å². The van der Waals surface area contributed by atoms with Crippen LogP contribution >= 0.6 is 11.6 Å². The molecular weight excluding hydrogens is 242 g/mol. The molecule has 17 heavy (non-hydrogen) atoms. The van der Waals surface area contributed by atoms with Crippen molar-refractivity contribution in [2.45, 2.75) is 0 Å². The minimum absolute atomic E-state index is 0.186. The van der Waals surface area contributed by atoms with Gasteiger partial charge >= 0.3 is 7.12 Å². The molecular formula is C11H8BClO4. The molecule has 0 saturated heterocycles. The Balaban J connectivity index is 2.49. The van der Waals surface area contributed by atoms with Gasteiger partial charge in [0.15, 0.2) is 12.0 Å². The average Bonchev–Trinajstić information content (AvgIpc) is 2.77. The molecule has 2 rings (SSSR count). The van der Waals surface area contributed by atoms with E-state index >= 15 is 0 Å². The number of benzene rings is 1. The first-order chi connectivity index (χ1) is 8.11. The second-order valence-electron chi connectivity index (χ2n) is 3.43. The van der Waals surface area contributed by atoms with Crippen molar-refractivity contribution >= 4 is 30.5 Å². The second-order valence-corrected chi connectivity index (χ2v) is 3.84. The van der Waals surface area contributed by atoms with E-state index in [1.54, 1.807) is 6.07 Å². The molecule has 0 saturated carbocycles. The zero-order valence-electron chi connectivity index (χ0n) is 8.63. The van der Waals surface area contributed by atoms with E-state index < -0.39 is 7.12 Å². The normalized spacial score (nSPS) is 10.3. The van der Waals surface area contributed by atoms with Crippen molar-refractivity contribution in [2.75, 3.05) is 0 Å². The summed E-state index contributed by atoms with van der Waals surface area (Å²) in [6.45, 7) is 0. The van der Waals surface area contributed by atoms with Gasteiger partial charge < -0.3 is 14.5 Å². The van der Waals surface area contributed by atoms with Crippen LogP contribution in [0.1, 0.15) is 10.6 Å². The number of rotatable bonds is 3. The summed E-state index contributed by atoms with van der Waals surface area (Å²) in [6.07, 6.45) is 0.585. The summed E-state index contributed by atoms with van der Waals surface area (Å²) in [6, 6.07) is 7.65. The lowest BCUT2D eigenvalue weighted by molar-refractivity contribution is 0.110. The Kier molecular flexibility index (Phi) is 3.33. The summed E-state index contributed by atoms with van der Waals surface area (Å²) in [5, 5.41) is 18.5. The summed E-state index contributed by atoms with van der Waals surface area (Å²) in [4.78, 5) is 10.5. The van der Waals surface area contributed by atoms with Crippen molar-refractivity contribution in [2.24, 2.45) is 0 Å². The molecule has 6 heteroatoms. The molecule has 0 amide bonds. The SMILES string of the molecule is O=Cc1ccc(-c2cc(B(O)O)ccc2Cl)o1. The van der Waals surface area contributed by atoms with Gasteiger partial charge in [-0.2, -0.15) is 0 Å². The molecule has 1 aromatic heterocycles. The highest BCUT2D eigenvalue weighted by Crippen LogP contribution is 2.28. The molecule has 4 nitrogen and oxygen atoms in total. The molecule has 0 atom stereocenters. The predicted molar refractivity (Wildman–Crippen MR) is 64.4 cm³/mol. The molecule has 0 aliphatic heterocycles. The van der Waals surface area contributed by atoms with Crippen LogP contribution in [0.15, 0.2) is 34.7 Å². The number of furan rings is 1. The lowest BCUT2D eigenvalue weighted by atomic mass is 9.79. The van der Waals surface area contributed by atoms with Crippen LogP contribution in [0.2, 0.25) is 5.02 Å². The monoisotopic (exact) mass is 250 g/mol. The first-order valence-corrected chi connectivity index (χ1v) is 5.20. The Morgan fingerprint density at radius 3 is 2.59 bits per heavy atom. The van der Waals surface area contributed by atoms with E-state index in [0.717, 1.165) is 0 Å². The van der Waals surface area contributed by atoms with E-state index in [1.165, 1.54) is 24.3 Å². The number of hydrogen-bond acceptors (Lipinski definition) is 4. The highest BCUT2D eigenvalue weighted by Gasteiger charge is 2.15. The predicted octanol–water partition coefficient (Wildman–Crippen LogP) is 1.09. The fraction of sp³-hybridized carbons (Fsp3) is 0. The summed E-state index contributed by atoms with van der Waals surface area (Å²) in [7, 11) is -1.58. The van der Waals surface area contributed by atoms with Crippen LogP contribution < -0.4 is 5.46 Å². The average molecular weight is 250 g/mol. The number of carbonyl (C=O) groups is 1. The number of aldehydes is 1. The van der Waals surface area contributed by atoms with E-state index in [-0.39, 0.29) is 5.76 Å². The molecule has 1 aromatic carbocycles. The van der Waals surface area contributed by atoms with Crippen molar-refractivity contribution in [3.05, 3.63) is 41.1 Å². The van der Waals surface area contributed by atoms with Crippen LogP contribution in [-0.4, -0.2) is 23.5 Å². The number of hydrogen-bond donors (Lipinski definition) is 2. The maximum atomic E-state index is 10.5. The fourth-order valence-electron chi connectivity index (χ4n) is 1.45. The van der Waals surface area contributed by atoms with Crippen molar-refractivity contribution in [3.8, 4) is 11.3 Å². The van der Waals surface area contributed by atoms with Gasteiger partial charge in [0.05, 0.1) is 5.02 Å². The molecule has 86 valence electrons. The molecule has 0 aliphatic carbocycles. The Morgan fingerprint density at radius 2 is 2.00 bits per heavy atom. The quantitative estimate of drug-likeness (QED) is 0.632. The van der Waals surface area contributed by atoms with Gasteiger partial charge in [-0.1, -0.05) is 17.7 Å². The van der Waals surface area contributed by atoms with Crippen molar-refractivity contribution in [3.63, 3.8) is 0 Å². The maximum absolute atomic E-state index is 10.5. The molecule has 0 radical (unpaired) electrons. The molecule has 0 spiro atoms. The zero-order valence-corrected chi connectivity index (χ0v) is 9.39. The highest BCUT2D eigenvalue weighted by atomic mass is 35.5. The Morgan fingerprint density at radius 1 is 1.24 bits per heavy atom. The summed E-state index contributed by atoms with van der Waals surface area (Å²) in [5.74, 6) is 0.589. The van der Waals surface area contributed by atoms with E-state index in [1.807, 2.05) is 0 Å². The van der Waals surface area contributed by atoms with Crippen LogP contribution in [0.4, 0.5) is 0 Å². The Labute approximate surface area is 103 Å². The fourth-order valence-corrected chi connectivity index (χ4v) is 1.66. The zero-order chi connectivity index (χ0) is 12.4. The molecule has 2 N–H and O–H groups in total. The highest BCUT2D eigenvalue weighted by molar-refractivity contribution is 6.58. The smallest absolute Gasteiger partial charge is 0.453 e. The van der Waals surface area contributed by atoms with Crippen LogP contribution in [0.3, 0.4) is 0 Å². The standard InChI is InChI=1S/C11H8BClO4/c13-10-3-1-7(12(15)16)5-9(10)11-4-2-8(6-14)17-11/h1-6,15-16H. The lowest BCUT2D eigenvalue weighted by Gasteiger charge is -2.04. The van der Waals surface area contributed by atoms with Crippen LogP contribution in [-0.2, 0) is 0 Å². The number of carbonyl (C=O) groups excluding carboxylic acids is 1. The molecule has 1 heterocycles. The van der Waals surface area contributed by atoms with Crippen molar-refractivity contribution in [1.29, 1.82) is 0 Å². The molecule has 0 aliphatic rings. The van der Waals surface area contributed by atoms with Gasteiger partial charge in [-0.15, -0.1) is 0 Å². The first-order valence-electron chi connectivity index (χ1n) is 4.83. The van der Waals surface area contributed by atoms with Gasteiger partial charge in [0, 0.05) is 5.56 Å². The van der Waals surface area contributed by atoms with Gasteiger partial charge in [0.1, 0.15) is 5.76 Å². The van der Waals surface area contributed by atoms with E-state index in [0.29, 0.717) is 28.1 Å². The summed E-state index contributed by atoms with van der Waals surface area (Å²) >= 11 is 5.98. The molecule has 2 aromatic rings. The summed E-state index contributed by atoms with van der Waals surface area (Å²) in [5.41, 5.74) is 0.804. The maximum Gasteiger partial charge on any atom is 0.488 e. The Hall–Kier alpha value is -1.56. The van der Waals surface area contributed by atoms with E-state index in [2.05, 4.69) is 0 Å². The van der Waals surface area contributed by atoms with Gasteiger partial charge in [-0.3, -0.25) is 4.79 Å². The third kappa shape index (κ3) is 2.41. The topological polar surface area (TPSA) is 70.7 Å². The number of halogens is 1. The molecule has 0 unspecified atom stereocenters.